The summed E-state index contributed by atoms with van der Waals surface area (Å²) in [4.78, 5) is 0. The molecule has 1 heteroatoms. The van der Waals surface area contributed by atoms with Crippen LogP contribution in [0.1, 0.15) is 88.1 Å². The third-order valence-corrected chi connectivity index (χ3v) is 6.53. The Hall–Kier alpha value is -1.60. The van der Waals surface area contributed by atoms with Crippen LogP contribution in [0.15, 0.2) is 36.4 Å². The van der Waals surface area contributed by atoms with Crippen LogP contribution < -0.4 is 5.73 Å². The molecule has 0 bridgehead atoms. The third kappa shape index (κ3) is 2.59. The summed E-state index contributed by atoms with van der Waals surface area (Å²) in [6.45, 7) is 11.5. The molecule has 2 N–H and O–H groups in total. The molecule has 1 aliphatic rings. The van der Waals surface area contributed by atoms with Crippen LogP contribution in [-0.4, -0.2) is 0 Å². The smallest absolute Gasteiger partial charge is 0.0564 e. The Morgan fingerprint density at radius 3 is 2.12 bits per heavy atom. The third-order valence-electron chi connectivity index (χ3n) is 6.53. The van der Waals surface area contributed by atoms with E-state index in [0.29, 0.717) is 5.92 Å². The van der Waals surface area contributed by atoms with E-state index in [1.807, 2.05) is 0 Å². The summed E-state index contributed by atoms with van der Waals surface area (Å²) < 4.78 is 0. The zero-order valence-electron chi connectivity index (χ0n) is 15.8. The predicted molar refractivity (Wildman–Crippen MR) is 105 cm³/mol. The molecule has 1 aliphatic carbocycles. The van der Waals surface area contributed by atoms with Crippen LogP contribution in [-0.2, 0) is 5.41 Å². The minimum absolute atomic E-state index is 0.0110. The van der Waals surface area contributed by atoms with Crippen molar-refractivity contribution in [1.82, 2.24) is 0 Å². The Morgan fingerprint density at radius 2 is 1.54 bits per heavy atom. The number of hydrogen-bond donors (Lipinski definition) is 1. The van der Waals surface area contributed by atoms with Crippen molar-refractivity contribution in [2.24, 2.45) is 5.73 Å². The van der Waals surface area contributed by atoms with E-state index in [-0.39, 0.29) is 11.5 Å². The number of nitrogens with two attached hydrogens (primary N) is 1. The summed E-state index contributed by atoms with van der Waals surface area (Å²) in [5, 5.41) is 0. The molecule has 0 spiro atoms. The van der Waals surface area contributed by atoms with Crippen LogP contribution in [0.2, 0.25) is 0 Å². The summed E-state index contributed by atoms with van der Waals surface area (Å²) >= 11 is 0. The van der Waals surface area contributed by atoms with Gasteiger partial charge in [0.1, 0.15) is 0 Å². The van der Waals surface area contributed by atoms with Crippen LogP contribution in [0.5, 0.6) is 0 Å². The van der Waals surface area contributed by atoms with E-state index in [4.69, 9.17) is 5.73 Å². The van der Waals surface area contributed by atoms with Crippen LogP contribution in [0.25, 0.3) is 11.1 Å². The minimum Gasteiger partial charge on any atom is -0.320 e. The molecule has 0 saturated carbocycles. The van der Waals surface area contributed by atoms with Crippen molar-refractivity contribution in [3.8, 4) is 11.1 Å². The van der Waals surface area contributed by atoms with Crippen molar-refractivity contribution >= 4 is 0 Å². The van der Waals surface area contributed by atoms with Gasteiger partial charge in [0, 0.05) is 0 Å². The topological polar surface area (TPSA) is 26.0 Å². The van der Waals surface area contributed by atoms with Gasteiger partial charge >= 0.3 is 0 Å². The zero-order chi connectivity index (χ0) is 17.5. The first-order valence-corrected chi connectivity index (χ1v) is 9.49. The van der Waals surface area contributed by atoms with Gasteiger partial charge in [-0.2, -0.15) is 0 Å². The second kappa shape index (κ2) is 6.37. The van der Waals surface area contributed by atoms with Gasteiger partial charge in [-0.3, -0.25) is 0 Å². The lowest BCUT2D eigenvalue weighted by Gasteiger charge is -2.28. The molecule has 0 amide bonds. The van der Waals surface area contributed by atoms with Gasteiger partial charge in [-0.1, -0.05) is 71.0 Å². The molecule has 2 aromatic rings. The van der Waals surface area contributed by atoms with Crippen molar-refractivity contribution in [3.63, 3.8) is 0 Å². The molecule has 3 rings (SSSR count). The lowest BCUT2D eigenvalue weighted by atomic mass is 9.77. The number of hydrogen-bond acceptors (Lipinski definition) is 1. The van der Waals surface area contributed by atoms with Crippen LogP contribution in [0, 0.1) is 0 Å². The molecule has 2 aromatic carbocycles. The highest BCUT2D eigenvalue weighted by Gasteiger charge is 2.29. The van der Waals surface area contributed by atoms with Crippen molar-refractivity contribution in [1.29, 1.82) is 0 Å². The highest BCUT2D eigenvalue weighted by Crippen LogP contribution is 2.45. The van der Waals surface area contributed by atoms with Gasteiger partial charge in [0.2, 0.25) is 0 Å². The molecule has 0 radical (unpaired) electrons. The van der Waals surface area contributed by atoms with Crippen LogP contribution in [0.3, 0.4) is 0 Å². The van der Waals surface area contributed by atoms with Gasteiger partial charge in [-0.05, 0) is 64.0 Å². The fraction of sp³-hybridized carbons (Fsp3) is 0.478. The van der Waals surface area contributed by atoms with E-state index in [0.717, 1.165) is 19.3 Å². The quantitative estimate of drug-likeness (QED) is 0.686. The predicted octanol–water partition coefficient (Wildman–Crippen LogP) is 6.31. The molecular weight excluding hydrogens is 290 g/mol. The van der Waals surface area contributed by atoms with Gasteiger partial charge in [0.05, 0.1) is 6.04 Å². The first-order valence-electron chi connectivity index (χ1n) is 9.49. The molecule has 128 valence electrons. The van der Waals surface area contributed by atoms with Crippen LogP contribution >= 0.6 is 0 Å². The molecule has 0 saturated heterocycles. The Bertz CT molecular complexity index is 740. The lowest BCUT2D eigenvalue weighted by molar-refractivity contribution is 0.438. The largest absolute Gasteiger partial charge is 0.320 e. The van der Waals surface area contributed by atoms with Gasteiger partial charge in [-0.15, -0.1) is 0 Å². The average molecular weight is 322 g/mol. The average Bonchev–Trinajstić information content (AvgIpc) is 2.92. The fourth-order valence-electron chi connectivity index (χ4n) is 3.89. The summed E-state index contributed by atoms with van der Waals surface area (Å²) in [6.07, 6.45) is 3.47. The molecule has 1 nitrogen and oxygen atoms in total. The maximum absolute atomic E-state index is 6.66. The fourth-order valence-corrected chi connectivity index (χ4v) is 3.89. The summed E-state index contributed by atoms with van der Waals surface area (Å²) in [7, 11) is 0. The molecular formula is C23H31N. The van der Waals surface area contributed by atoms with E-state index < -0.39 is 0 Å². The van der Waals surface area contributed by atoms with Gasteiger partial charge < -0.3 is 5.73 Å². The molecule has 0 aromatic heterocycles. The molecule has 2 atom stereocenters. The Morgan fingerprint density at radius 1 is 0.958 bits per heavy atom. The molecule has 0 heterocycles. The van der Waals surface area contributed by atoms with E-state index >= 15 is 0 Å². The number of fused-ring (bicyclic) bond motifs is 3. The molecule has 2 unspecified atom stereocenters. The van der Waals surface area contributed by atoms with Gasteiger partial charge in [-0.25, -0.2) is 0 Å². The van der Waals surface area contributed by atoms with Crippen molar-refractivity contribution in [2.75, 3.05) is 0 Å². The SMILES string of the molecule is CCC(C)c1ccc2c(c1)C(N)c1cc(C(C)(CC)CC)ccc1-2. The number of benzene rings is 2. The first-order chi connectivity index (χ1) is 11.4. The molecule has 24 heavy (non-hydrogen) atoms. The van der Waals surface area contributed by atoms with Crippen molar-refractivity contribution in [3.05, 3.63) is 58.7 Å². The summed E-state index contributed by atoms with van der Waals surface area (Å²) in [6, 6.07) is 13.9. The monoisotopic (exact) mass is 321 g/mol. The summed E-state index contributed by atoms with van der Waals surface area (Å²) in [5.41, 5.74) is 15.0. The lowest BCUT2D eigenvalue weighted by Crippen LogP contribution is -2.20. The second-order valence-corrected chi connectivity index (χ2v) is 7.70. The zero-order valence-corrected chi connectivity index (χ0v) is 15.8. The second-order valence-electron chi connectivity index (χ2n) is 7.70. The first kappa shape index (κ1) is 17.2. The summed E-state index contributed by atoms with van der Waals surface area (Å²) in [5.74, 6) is 0.588. The van der Waals surface area contributed by atoms with E-state index in [2.05, 4.69) is 71.0 Å². The Labute approximate surface area is 147 Å². The van der Waals surface area contributed by atoms with Gasteiger partial charge in [0.15, 0.2) is 0 Å². The highest BCUT2D eigenvalue weighted by atomic mass is 14.7. The van der Waals surface area contributed by atoms with E-state index in [1.54, 1.807) is 0 Å². The van der Waals surface area contributed by atoms with Crippen LogP contribution in [0.4, 0.5) is 0 Å². The normalized spacial score (nSPS) is 17.5. The number of rotatable bonds is 5. The Kier molecular flexibility index (Phi) is 4.57. The van der Waals surface area contributed by atoms with E-state index in [1.165, 1.54) is 33.4 Å². The van der Waals surface area contributed by atoms with Gasteiger partial charge in [0.25, 0.3) is 0 Å². The molecule has 0 aliphatic heterocycles. The maximum atomic E-state index is 6.66. The maximum Gasteiger partial charge on any atom is 0.0564 e. The minimum atomic E-state index is 0.0110. The highest BCUT2D eigenvalue weighted by molar-refractivity contribution is 5.79. The molecule has 0 fully saturated rings. The van der Waals surface area contributed by atoms with E-state index in [9.17, 15) is 0 Å². The van der Waals surface area contributed by atoms with Crippen molar-refractivity contribution in [2.45, 2.75) is 71.3 Å². The van der Waals surface area contributed by atoms with Crippen molar-refractivity contribution < 1.29 is 0 Å². The standard InChI is InChI=1S/C23H31N/c1-6-15(4)16-9-11-18-19-12-10-17(23(5,7-2)8-3)14-21(19)22(24)20(18)13-16/h9-15,22H,6-8,24H2,1-5H3. The Balaban J connectivity index is 2.06.